The molecule has 2 fully saturated rings. The van der Waals surface area contributed by atoms with Crippen LogP contribution in [0.2, 0.25) is 0 Å². The lowest BCUT2D eigenvalue weighted by atomic mass is 9.79. The molecule has 1 aromatic rings. The van der Waals surface area contributed by atoms with Crippen LogP contribution < -0.4 is 19.5 Å². The summed E-state index contributed by atoms with van der Waals surface area (Å²) in [6.07, 6.45) is 6.04. The van der Waals surface area contributed by atoms with E-state index in [0.717, 1.165) is 39.0 Å². The quantitative estimate of drug-likeness (QED) is 0.702. The molecule has 0 unspecified atom stereocenters. The lowest BCUT2D eigenvalue weighted by Crippen LogP contribution is -2.61. The van der Waals surface area contributed by atoms with Gasteiger partial charge in [-0.25, -0.2) is 0 Å². The summed E-state index contributed by atoms with van der Waals surface area (Å²) in [5.74, 6) is 1.36. The molecule has 0 spiro atoms. The van der Waals surface area contributed by atoms with E-state index in [-0.39, 0.29) is 23.9 Å². The fourth-order valence-corrected chi connectivity index (χ4v) is 4.65. The zero-order chi connectivity index (χ0) is 20.9. The summed E-state index contributed by atoms with van der Waals surface area (Å²) in [5, 5.41) is 3.21. The molecule has 3 rings (SSSR count). The molecular weight excluding hydrogens is 406 g/mol. The highest BCUT2D eigenvalue weighted by atomic mass is 35.5. The Labute approximate surface area is 186 Å². The number of nitrogens with one attached hydrogen (secondary N) is 1. The molecule has 2 aliphatic rings. The van der Waals surface area contributed by atoms with Gasteiger partial charge in [-0.15, -0.1) is 12.4 Å². The van der Waals surface area contributed by atoms with Gasteiger partial charge < -0.3 is 24.4 Å². The van der Waals surface area contributed by atoms with Crippen LogP contribution in [0, 0.1) is 0 Å². The zero-order valence-electron chi connectivity index (χ0n) is 18.7. The van der Waals surface area contributed by atoms with E-state index in [9.17, 15) is 4.79 Å². The van der Waals surface area contributed by atoms with Crippen molar-refractivity contribution >= 4 is 18.3 Å². The minimum absolute atomic E-state index is 0. The molecule has 1 heterocycles. The van der Waals surface area contributed by atoms with Crippen molar-refractivity contribution in [2.45, 2.75) is 37.6 Å². The fraction of sp³-hybridized carbons (Fsp3) is 0.682. The minimum atomic E-state index is -0.108. The molecule has 170 valence electrons. The summed E-state index contributed by atoms with van der Waals surface area (Å²) in [6.45, 7) is 4.98. The maximum absolute atomic E-state index is 13.0. The highest BCUT2D eigenvalue weighted by Gasteiger charge is 2.39. The lowest BCUT2D eigenvalue weighted by Gasteiger charge is -2.49. The molecule has 7 nitrogen and oxygen atoms in total. The third kappa shape index (κ3) is 5.31. The number of rotatable bonds is 7. The number of nitrogens with zero attached hydrogens (tertiary/aromatic N) is 2. The van der Waals surface area contributed by atoms with E-state index in [1.54, 1.807) is 33.5 Å². The van der Waals surface area contributed by atoms with Crippen molar-refractivity contribution in [2.75, 3.05) is 61.1 Å². The average Bonchev–Trinajstić information content (AvgIpc) is 2.77. The predicted octanol–water partition coefficient (Wildman–Crippen LogP) is 2.81. The SMILES string of the molecule is COc1cc(C(=O)NCC2(N3CCN(C)CC3)CCCCC2)cc(OC)c1OC.Cl. The number of likely N-dealkylation sites (N-methyl/N-ethyl adjacent to an activating group) is 1. The van der Waals surface area contributed by atoms with Gasteiger partial charge in [0.15, 0.2) is 11.5 Å². The predicted molar refractivity (Wildman–Crippen MR) is 121 cm³/mol. The number of hydrogen-bond acceptors (Lipinski definition) is 6. The Morgan fingerprint density at radius 3 is 2.03 bits per heavy atom. The van der Waals surface area contributed by atoms with Crippen LogP contribution in [0.15, 0.2) is 12.1 Å². The smallest absolute Gasteiger partial charge is 0.251 e. The molecule has 8 heteroatoms. The summed E-state index contributed by atoms with van der Waals surface area (Å²) in [4.78, 5) is 18.0. The van der Waals surface area contributed by atoms with Gasteiger partial charge in [-0.05, 0) is 32.0 Å². The molecule has 1 saturated carbocycles. The molecule has 30 heavy (non-hydrogen) atoms. The van der Waals surface area contributed by atoms with Crippen molar-refractivity contribution in [1.82, 2.24) is 15.1 Å². The van der Waals surface area contributed by atoms with Gasteiger partial charge in [0.1, 0.15) is 0 Å². The van der Waals surface area contributed by atoms with Crippen molar-refractivity contribution < 1.29 is 19.0 Å². The van der Waals surface area contributed by atoms with Gasteiger partial charge in [-0.2, -0.15) is 0 Å². The Balaban J connectivity index is 0.00000320. The Morgan fingerprint density at radius 1 is 0.967 bits per heavy atom. The summed E-state index contributed by atoms with van der Waals surface area (Å²) >= 11 is 0. The van der Waals surface area contributed by atoms with Crippen LogP contribution in [0.4, 0.5) is 0 Å². The van der Waals surface area contributed by atoms with Gasteiger partial charge in [0.05, 0.1) is 21.3 Å². The minimum Gasteiger partial charge on any atom is -0.493 e. The van der Waals surface area contributed by atoms with Crippen LogP contribution in [-0.4, -0.2) is 82.3 Å². The highest BCUT2D eigenvalue weighted by molar-refractivity contribution is 5.95. The normalized spacial score (nSPS) is 19.5. The van der Waals surface area contributed by atoms with Gasteiger partial charge >= 0.3 is 0 Å². The van der Waals surface area contributed by atoms with Gasteiger partial charge in [0.2, 0.25) is 5.75 Å². The molecule has 0 atom stereocenters. The Morgan fingerprint density at radius 2 is 1.53 bits per heavy atom. The molecule has 1 amide bonds. The second kappa shape index (κ2) is 11.1. The number of piperazine rings is 1. The molecule has 1 saturated heterocycles. The number of carbonyl (C=O) groups is 1. The Kier molecular flexibility index (Phi) is 9.07. The fourth-order valence-electron chi connectivity index (χ4n) is 4.65. The van der Waals surface area contributed by atoms with Gasteiger partial charge in [-0.3, -0.25) is 9.69 Å². The number of benzene rings is 1. The maximum Gasteiger partial charge on any atom is 0.251 e. The molecule has 1 aliphatic heterocycles. The topological polar surface area (TPSA) is 63.3 Å². The number of halogens is 1. The summed E-state index contributed by atoms with van der Waals surface area (Å²) in [6, 6.07) is 3.42. The zero-order valence-corrected chi connectivity index (χ0v) is 19.5. The molecular formula is C22H36ClN3O4. The van der Waals surface area contributed by atoms with Gasteiger partial charge in [0, 0.05) is 43.8 Å². The van der Waals surface area contributed by atoms with E-state index in [2.05, 4.69) is 22.2 Å². The van der Waals surface area contributed by atoms with E-state index >= 15 is 0 Å². The van der Waals surface area contributed by atoms with Crippen LogP contribution >= 0.6 is 12.4 Å². The first-order valence-corrected chi connectivity index (χ1v) is 10.5. The highest BCUT2D eigenvalue weighted by Crippen LogP contribution is 2.38. The first kappa shape index (κ1) is 24.6. The van der Waals surface area contributed by atoms with E-state index in [0.29, 0.717) is 29.4 Å². The average molecular weight is 442 g/mol. The Hall–Kier alpha value is -1.70. The largest absolute Gasteiger partial charge is 0.493 e. The number of ether oxygens (including phenoxy) is 3. The van der Waals surface area contributed by atoms with Crippen LogP contribution in [0.3, 0.4) is 0 Å². The molecule has 0 aromatic heterocycles. The molecule has 0 bridgehead atoms. The Bertz CT molecular complexity index is 677. The molecule has 1 aliphatic carbocycles. The second-order valence-electron chi connectivity index (χ2n) is 8.17. The first-order valence-electron chi connectivity index (χ1n) is 10.5. The van der Waals surface area contributed by atoms with Crippen LogP contribution in [0.1, 0.15) is 42.5 Å². The van der Waals surface area contributed by atoms with Crippen molar-refractivity contribution in [3.05, 3.63) is 17.7 Å². The van der Waals surface area contributed by atoms with E-state index in [4.69, 9.17) is 14.2 Å². The maximum atomic E-state index is 13.0. The van der Waals surface area contributed by atoms with Crippen LogP contribution in [0.5, 0.6) is 17.2 Å². The third-order valence-corrected chi connectivity index (χ3v) is 6.46. The van der Waals surface area contributed by atoms with E-state index in [1.165, 1.54) is 19.3 Å². The van der Waals surface area contributed by atoms with Crippen LogP contribution in [0.25, 0.3) is 0 Å². The summed E-state index contributed by atoms with van der Waals surface area (Å²) in [7, 11) is 6.85. The number of methoxy groups -OCH3 is 3. The van der Waals surface area contributed by atoms with E-state index < -0.39 is 0 Å². The van der Waals surface area contributed by atoms with Crippen molar-refractivity contribution in [1.29, 1.82) is 0 Å². The lowest BCUT2D eigenvalue weighted by molar-refractivity contribution is 0.0138. The molecule has 1 aromatic carbocycles. The standard InChI is InChI=1S/C22H35N3O4.ClH/c1-24-10-12-25(13-11-24)22(8-6-5-7-9-22)16-23-21(26)17-14-18(27-2)20(29-4)19(15-17)28-3;/h14-15H,5-13,16H2,1-4H3,(H,23,26);1H. The summed E-state index contributed by atoms with van der Waals surface area (Å²) in [5.41, 5.74) is 0.583. The third-order valence-electron chi connectivity index (χ3n) is 6.46. The van der Waals surface area contributed by atoms with Crippen LogP contribution in [-0.2, 0) is 0 Å². The number of amides is 1. The monoisotopic (exact) mass is 441 g/mol. The van der Waals surface area contributed by atoms with Crippen molar-refractivity contribution in [3.63, 3.8) is 0 Å². The van der Waals surface area contributed by atoms with Gasteiger partial charge in [0.25, 0.3) is 5.91 Å². The molecule has 1 N–H and O–H groups in total. The first-order chi connectivity index (χ1) is 14.0. The number of hydrogen-bond donors (Lipinski definition) is 1. The summed E-state index contributed by atoms with van der Waals surface area (Å²) < 4.78 is 16.1. The van der Waals surface area contributed by atoms with Gasteiger partial charge in [-0.1, -0.05) is 19.3 Å². The van der Waals surface area contributed by atoms with Crippen molar-refractivity contribution in [2.24, 2.45) is 0 Å². The molecule has 0 radical (unpaired) electrons. The van der Waals surface area contributed by atoms with Crippen molar-refractivity contribution in [3.8, 4) is 17.2 Å². The second-order valence-corrected chi connectivity index (χ2v) is 8.17. The van der Waals surface area contributed by atoms with E-state index in [1.807, 2.05) is 0 Å². The number of carbonyl (C=O) groups excluding carboxylic acids is 1.